The number of sulfonamides is 1. The van der Waals surface area contributed by atoms with E-state index in [1.807, 2.05) is 17.9 Å². The lowest BCUT2D eigenvalue weighted by Gasteiger charge is -2.22. The Bertz CT molecular complexity index is 1000. The van der Waals surface area contributed by atoms with E-state index in [0.29, 0.717) is 11.4 Å². The van der Waals surface area contributed by atoms with Crippen LogP contribution in [-0.2, 0) is 27.8 Å². The molecule has 1 heterocycles. The highest BCUT2D eigenvalue weighted by atomic mass is 35.5. The molecule has 2 aromatic carbocycles. The fourth-order valence-corrected chi connectivity index (χ4v) is 4.79. The van der Waals surface area contributed by atoms with Crippen molar-refractivity contribution in [1.82, 2.24) is 4.72 Å². The molecule has 2 aliphatic rings. The van der Waals surface area contributed by atoms with Crippen molar-refractivity contribution in [2.75, 3.05) is 4.90 Å². The highest BCUT2D eigenvalue weighted by Gasteiger charge is 2.39. The Morgan fingerprint density at radius 2 is 1.96 bits per heavy atom. The summed E-state index contributed by atoms with van der Waals surface area (Å²) < 4.78 is 28.0. The van der Waals surface area contributed by atoms with Crippen LogP contribution >= 0.6 is 11.6 Å². The van der Waals surface area contributed by atoms with Gasteiger partial charge in [0.1, 0.15) is 0 Å². The Kier molecular flexibility index (Phi) is 4.74. The highest BCUT2D eigenvalue weighted by molar-refractivity contribution is 7.89. The summed E-state index contributed by atoms with van der Waals surface area (Å²) >= 11 is 6.10. The van der Waals surface area contributed by atoms with Gasteiger partial charge in [-0.3, -0.25) is 4.79 Å². The second-order valence-electron chi connectivity index (χ2n) is 7.24. The molecule has 142 valence electrons. The number of halogens is 1. The van der Waals surface area contributed by atoms with Crippen LogP contribution in [0.2, 0.25) is 5.02 Å². The Hall–Kier alpha value is -1.89. The molecule has 0 aromatic heterocycles. The zero-order chi connectivity index (χ0) is 19.2. The fourth-order valence-electron chi connectivity index (χ4n) is 3.54. The number of carbonyl (C=O) groups is 1. The van der Waals surface area contributed by atoms with Gasteiger partial charge < -0.3 is 4.90 Å². The zero-order valence-corrected chi connectivity index (χ0v) is 16.6. The van der Waals surface area contributed by atoms with E-state index in [9.17, 15) is 13.2 Å². The minimum absolute atomic E-state index is 0.0575. The number of carbonyl (C=O) groups excluding carboxylic acids is 1. The largest absolute Gasteiger partial charge is 0.309 e. The molecule has 0 bridgehead atoms. The average molecular weight is 405 g/mol. The monoisotopic (exact) mass is 404 g/mol. The second kappa shape index (κ2) is 6.93. The van der Waals surface area contributed by atoms with Gasteiger partial charge in [-0.1, -0.05) is 29.8 Å². The van der Waals surface area contributed by atoms with Crippen molar-refractivity contribution in [2.24, 2.45) is 5.92 Å². The van der Waals surface area contributed by atoms with Crippen LogP contribution in [0.1, 0.15) is 30.9 Å². The molecule has 1 aliphatic carbocycles. The van der Waals surface area contributed by atoms with Crippen molar-refractivity contribution < 1.29 is 13.2 Å². The first-order chi connectivity index (χ1) is 12.9. The van der Waals surface area contributed by atoms with Gasteiger partial charge >= 0.3 is 0 Å². The predicted molar refractivity (Wildman–Crippen MR) is 105 cm³/mol. The molecule has 27 heavy (non-hydrogen) atoms. The van der Waals surface area contributed by atoms with Crippen LogP contribution in [0, 0.1) is 5.92 Å². The van der Waals surface area contributed by atoms with Crippen molar-refractivity contribution in [1.29, 1.82) is 0 Å². The van der Waals surface area contributed by atoms with E-state index in [2.05, 4.69) is 4.72 Å². The molecule has 1 N–H and O–H groups in total. The zero-order valence-electron chi connectivity index (χ0n) is 15.0. The first kappa shape index (κ1) is 18.5. The fraction of sp³-hybridized carbons (Fsp3) is 0.350. The van der Waals surface area contributed by atoms with Gasteiger partial charge in [-0.05, 0) is 61.6 Å². The summed E-state index contributed by atoms with van der Waals surface area (Å²) in [4.78, 5) is 14.6. The number of rotatable bonds is 5. The molecular weight excluding hydrogens is 384 g/mol. The molecule has 1 fully saturated rings. The minimum atomic E-state index is -3.67. The third-order valence-electron chi connectivity index (χ3n) is 5.15. The predicted octanol–water partition coefficient (Wildman–Crippen LogP) is 3.51. The molecule has 1 amide bonds. The van der Waals surface area contributed by atoms with Gasteiger partial charge in [-0.2, -0.15) is 0 Å². The maximum absolute atomic E-state index is 12.7. The summed E-state index contributed by atoms with van der Waals surface area (Å²) in [5.74, 6) is 0.299. The van der Waals surface area contributed by atoms with E-state index in [4.69, 9.17) is 11.6 Å². The number of benzene rings is 2. The maximum Gasteiger partial charge on any atom is 0.240 e. The number of hydrogen-bond donors (Lipinski definition) is 1. The van der Waals surface area contributed by atoms with Crippen LogP contribution in [0.3, 0.4) is 0 Å². The summed E-state index contributed by atoms with van der Waals surface area (Å²) in [5, 5.41) is 0.525. The number of nitrogens with zero attached hydrogens (tertiary/aromatic N) is 1. The molecule has 0 radical (unpaired) electrons. The van der Waals surface area contributed by atoms with E-state index >= 15 is 0 Å². The van der Waals surface area contributed by atoms with Crippen molar-refractivity contribution in [3.05, 3.63) is 58.6 Å². The van der Waals surface area contributed by atoms with Gasteiger partial charge in [0.2, 0.25) is 15.9 Å². The maximum atomic E-state index is 12.7. The van der Waals surface area contributed by atoms with Crippen LogP contribution in [0.25, 0.3) is 0 Å². The lowest BCUT2D eigenvalue weighted by Crippen LogP contribution is -2.36. The summed E-state index contributed by atoms with van der Waals surface area (Å²) in [6.07, 6.45) is 2.58. The molecular formula is C20H21ClN2O3S. The molecule has 7 heteroatoms. The van der Waals surface area contributed by atoms with Gasteiger partial charge in [0.25, 0.3) is 0 Å². The molecule has 4 rings (SSSR count). The highest BCUT2D eigenvalue weighted by Crippen LogP contribution is 2.39. The number of nitrogens with one attached hydrogen (secondary N) is 1. The molecule has 0 saturated heterocycles. The van der Waals surface area contributed by atoms with Crippen LogP contribution in [0.5, 0.6) is 0 Å². The molecule has 1 aliphatic heterocycles. The third kappa shape index (κ3) is 3.61. The SMILES string of the molecule is C[C@@H]1Cc2cc(S(=O)(=O)NCc3ccccc3Cl)ccc2N1C(=O)C1CC1. The lowest BCUT2D eigenvalue weighted by molar-refractivity contribution is -0.120. The van der Waals surface area contributed by atoms with Crippen molar-refractivity contribution in [3.63, 3.8) is 0 Å². The molecule has 2 aromatic rings. The Morgan fingerprint density at radius 1 is 1.22 bits per heavy atom. The third-order valence-corrected chi connectivity index (χ3v) is 6.92. The molecule has 0 spiro atoms. The number of anilines is 1. The lowest BCUT2D eigenvalue weighted by atomic mass is 10.1. The first-order valence-electron chi connectivity index (χ1n) is 9.06. The van der Waals surface area contributed by atoms with Crippen LogP contribution in [0.15, 0.2) is 47.4 Å². The summed E-state index contributed by atoms with van der Waals surface area (Å²) in [6.45, 7) is 2.13. The Labute approximate surface area is 164 Å². The molecule has 1 saturated carbocycles. The standard InChI is InChI=1S/C20H21ClN2O3S/c1-13-10-16-11-17(8-9-19(16)23(13)20(24)14-6-7-14)27(25,26)22-12-15-4-2-3-5-18(15)21/h2-5,8-9,11,13-14,22H,6-7,10,12H2,1H3/t13-/m1/s1. The van der Waals surface area contributed by atoms with Gasteiger partial charge in [0.05, 0.1) is 4.90 Å². The Balaban J connectivity index is 1.55. The van der Waals surface area contributed by atoms with E-state index in [1.165, 1.54) is 0 Å². The topological polar surface area (TPSA) is 66.5 Å². The molecule has 0 unspecified atom stereocenters. The number of hydrogen-bond acceptors (Lipinski definition) is 3. The van der Waals surface area contributed by atoms with Crippen molar-refractivity contribution in [3.8, 4) is 0 Å². The van der Waals surface area contributed by atoms with Crippen molar-refractivity contribution in [2.45, 2.75) is 43.7 Å². The van der Waals surface area contributed by atoms with Gasteiger partial charge in [-0.25, -0.2) is 13.1 Å². The van der Waals surface area contributed by atoms with E-state index < -0.39 is 10.0 Å². The summed E-state index contributed by atoms with van der Waals surface area (Å²) in [6, 6.07) is 12.2. The van der Waals surface area contributed by atoms with Gasteiger partial charge in [-0.15, -0.1) is 0 Å². The molecule has 5 nitrogen and oxygen atoms in total. The molecule has 1 atom stereocenters. The van der Waals surface area contributed by atoms with Crippen LogP contribution in [0.4, 0.5) is 5.69 Å². The van der Waals surface area contributed by atoms with E-state index in [0.717, 1.165) is 29.7 Å². The number of amides is 1. The minimum Gasteiger partial charge on any atom is -0.309 e. The smallest absolute Gasteiger partial charge is 0.240 e. The van der Waals surface area contributed by atoms with E-state index in [-0.39, 0.29) is 29.3 Å². The first-order valence-corrected chi connectivity index (χ1v) is 10.9. The van der Waals surface area contributed by atoms with Gasteiger partial charge in [0, 0.05) is 29.2 Å². The second-order valence-corrected chi connectivity index (χ2v) is 9.42. The van der Waals surface area contributed by atoms with Crippen LogP contribution in [-0.4, -0.2) is 20.4 Å². The Morgan fingerprint density at radius 3 is 2.67 bits per heavy atom. The summed E-state index contributed by atoms with van der Waals surface area (Å²) in [5.41, 5.74) is 2.46. The number of fused-ring (bicyclic) bond motifs is 1. The average Bonchev–Trinajstić information content (AvgIpc) is 3.42. The van der Waals surface area contributed by atoms with Crippen LogP contribution < -0.4 is 9.62 Å². The van der Waals surface area contributed by atoms with Crippen molar-refractivity contribution >= 4 is 33.2 Å². The quantitative estimate of drug-likeness (QED) is 0.829. The normalized spacial score (nSPS) is 19.2. The van der Waals surface area contributed by atoms with Gasteiger partial charge in [0.15, 0.2) is 0 Å². The van der Waals surface area contributed by atoms with E-state index in [1.54, 1.807) is 36.4 Å². The summed E-state index contributed by atoms with van der Waals surface area (Å²) in [7, 11) is -3.67.